The lowest BCUT2D eigenvalue weighted by Gasteiger charge is -2.16. The zero-order valence-electron chi connectivity index (χ0n) is 26.8. The van der Waals surface area contributed by atoms with E-state index in [1.165, 1.54) is 0 Å². The molecule has 0 saturated heterocycles. The summed E-state index contributed by atoms with van der Waals surface area (Å²) in [6, 6.07) is 57.9. The predicted molar refractivity (Wildman–Crippen MR) is 198 cm³/mol. The Kier molecular flexibility index (Phi) is 8.20. The van der Waals surface area contributed by atoms with Gasteiger partial charge in [0.2, 0.25) is 0 Å². The van der Waals surface area contributed by atoms with Crippen LogP contribution in [0.5, 0.6) is 0 Å². The Bertz CT molecular complexity index is 2420. The summed E-state index contributed by atoms with van der Waals surface area (Å²) in [6.07, 6.45) is 0. The lowest BCUT2D eigenvalue weighted by molar-refractivity contribution is 1.07. The van der Waals surface area contributed by atoms with E-state index in [1.807, 2.05) is 158 Å². The van der Waals surface area contributed by atoms with Crippen LogP contribution in [0.2, 0.25) is 0 Å². The average Bonchev–Trinajstić information content (AvgIpc) is 3.21. The largest absolute Gasteiger partial charge is 0.243 e. The van der Waals surface area contributed by atoms with E-state index < -0.39 is 0 Å². The molecule has 2 heterocycles. The molecule has 2 aromatic heterocycles. The summed E-state index contributed by atoms with van der Waals surface area (Å²) in [5.41, 5.74) is 9.56. The van der Waals surface area contributed by atoms with Gasteiger partial charge in [0.05, 0.1) is 34.4 Å². The fourth-order valence-corrected chi connectivity index (χ4v) is 5.91. The molecule has 0 unspecified atom stereocenters. The van der Waals surface area contributed by atoms with Crippen molar-refractivity contribution in [1.82, 2.24) is 24.9 Å². The van der Waals surface area contributed by atoms with Crippen LogP contribution in [0.25, 0.3) is 79.2 Å². The molecule has 0 fully saturated rings. The molecule has 6 aromatic carbocycles. The number of benzene rings is 6. The summed E-state index contributed by atoms with van der Waals surface area (Å²) in [5.74, 6) is 1.73. The highest BCUT2D eigenvalue weighted by molar-refractivity contribution is 5.87. The smallest absolute Gasteiger partial charge is 0.164 e. The van der Waals surface area contributed by atoms with Crippen molar-refractivity contribution in [1.29, 1.82) is 5.26 Å². The second-order valence-electron chi connectivity index (χ2n) is 11.7. The number of nitriles is 1. The zero-order chi connectivity index (χ0) is 33.7. The molecule has 50 heavy (non-hydrogen) atoms. The predicted octanol–water partition coefficient (Wildman–Crippen LogP) is 10.2. The Morgan fingerprint density at radius 1 is 0.300 bits per heavy atom. The fraction of sp³-hybridized carbons (Fsp3) is 0. The van der Waals surface area contributed by atoms with Crippen LogP contribution in [-0.2, 0) is 0 Å². The Morgan fingerprint density at radius 2 is 0.640 bits per heavy atom. The molecule has 0 spiro atoms. The first-order valence-electron chi connectivity index (χ1n) is 16.2. The molecule has 6 heteroatoms. The molecule has 8 aromatic rings. The third kappa shape index (κ3) is 6.15. The third-order valence-corrected chi connectivity index (χ3v) is 8.35. The molecule has 234 valence electrons. The molecule has 0 aliphatic rings. The molecule has 8 rings (SSSR count). The van der Waals surface area contributed by atoms with Crippen molar-refractivity contribution in [3.05, 3.63) is 175 Å². The number of hydrogen-bond donors (Lipinski definition) is 0. The minimum atomic E-state index is 0.546. The first kappa shape index (κ1) is 30.2. The van der Waals surface area contributed by atoms with Crippen molar-refractivity contribution < 1.29 is 0 Å². The fourth-order valence-electron chi connectivity index (χ4n) is 5.91. The van der Waals surface area contributed by atoms with E-state index in [2.05, 4.69) is 12.1 Å². The molecule has 0 saturated carbocycles. The number of aromatic nitrogens is 5. The summed E-state index contributed by atoms with van der Waals surface area (Å²) in [5, 5.41) is 9.79. The van der Waals surface area contributed by atoms with Crippen molar-refractivity contribution >= 4 is 0 Å². The topological polar surface area (TPSA) is 88.2 Å². The maximum Gasteiger partial charge on any atom is 0.164 e. The van der Waals surface area contributed by atoms with Crippen LogP contribution < -0.4 is 0 Å². The Balaban J connectivity index is 1.36. The van der Waals surface area contributed by atoms with Gasteiger partial charge in [-0.25, -0.2) is 24.9 Å². The minimum Gasteiger partial charge on any atom is -0.243 e. The lowest BCUT2D eigenvalue weighted by atomic mass is 9.98. The summed E-state index contributed by atoms with van der Waals surface area (Å²) in [7, 11) is 0. The summed E-state index contributed by atoms with van der Waals surface area (Å²) < 4.78 is 0. The minimum absolute atomic E-state index is 0.546. The average molecular weight is 641 g/mol. The molecular formula is C44H28N6. The molecule has 0 bridgehead atoms. The van der Waals surface area contributed by atoms with E-state index in [0.29, 0.717) is 34.4 Å². The second-order valence-corrected chi connectivity index (χ2v) is 11.7. The van der Waals surface area contributed by atoms with Gasteiger partial charge in [0.15, 0.2) is 17.5 Å². The molecule has 0 aliphatic carbocycles. The van der Waals surface area contributed by atoms with Gasteiger partial charge < -0.3 is 0 Å². The van der Waals surface area contributed by atoms with Gasteiger partial charge in [-0.2, -0.15) is 5.26 Å². The number of hydrogen-bond acceptors (Lipinski definition) is 6. The molecule has 0 amide bonds. The number of rotatable bonds is 7. The zero-order valence-corrected chi connectivity index (χ0v) is 26.8. The highest BCUT2D eigenvalue weighted by atomic mass is 15.0. The van der Waals surface area contributed by atoms with E-state index in [-0.39, 0.29) is 0 Å². The van der Waals surface area contributed by atoms with Gasteiger partial charge >= 0.3 is 0 Å². The van der Waals surface area contributed by atoms with E-state index >= 15 is 0 Å². The van der Waals surface area contributed by atoms with E-state index in [1.54, 1.807) is 6.07 Å². The summed E-state index contributed by atoms with van der Waals surface area (Å²) in [4.78, 5) is 25.5. The normalized spacial score (nSPS) is 10.8. The maximum atomic E-state index is 9.79. The molecule has 0 radical (unpaired) electrons. The summed E-state index contributed by atoms with van der Waals surface area (Å²) in [6.45, 7) is 0. The highest BCUT2D eigenvalue weighted by Crippen LogP contribution is 2.38. The van der Waals surface area contributed by atoms with Gasteiger partial charge in [-0.3, -0.25) is 0 Å². The molecule has 0 aliphatic heterocycles. The van der Waals surface area contributed by atoms with Gasteiger partial charge in [0, 0.05) is 38.9 Å². The van der Waals surface area contributed by atoms with Crippen LogP contribution >= 0.6 is 0 Å². The Morgan fingerprint density at radius 3 is 1.10 bits per heavy atom. The quantitative estimate of drug-likeness (QED) is 0.172. The van der Waals surface area contributed by atoms with Crippen LogP contribution in [0.15, 0.2) is 170 Å². The van der Waals surface area contributed by atoms with Gasteiger partial charge in [-0.05, 0) is 18.2 Å². The number of nitrogens with zero attached hydrogens (tertiary/aromatic N) is 6. The van der Waals surface area contributed by atoms with Gasteiger partial charge in [-0.15, -0.1) is 0 Å². The first-order chi connectivity index (χ1) is 24.7. The van der Waals surface area contributed by atoms with Crippen LogP contribution in [0, 0.1) is 11.3 Å². The Hall–Kier alpha value is -7.10. The van der Waals surface area contributed by atoms with E-state index in [0.717, 1.165) is 50.3 Å². The molecular weight excluding hydrogens is 613 g/mol. The first-order valence-corrected chi connectivity index (χ1v) is 16.2. The molecule has 6 nitrogen and oxygen atoms in total. The van der Waals surface area contributed by atoms with Crippen LogP contribution in [-0.4, -0.2) is 24.9 Å². The highest BCUT2D eigenvalue weighted by Gasteiger charge is 2.21. The monoisotopic (exact) mass is 640 g/mol. The van der Waals surface area contributed by atoms with Gasteiger partial charge in [0.1, 0.15) is 0 Å². The van der Waals surface area contributed by atoms with Crippen LogP contribution in [0.4, 0.5) is 0 Å². The third-order valence-electron chi connectivity index (χ3n) is 8.35. The van der Waals surface area contributed by atoms with Crippen molar-refractivity contribution in [3.8, 4) is 85.3 Å². The standard InChI is InChI=1S/C44H28N6/c45-29-30-15-13-24-35(27-30)40-41(47-39(32-18-7-2-8-19-32)38(46-40)31-16-5-1-6-17-31)36-25-14-26-37(28-36)44-49-42(33-20-9-3-10-21-33)48-43(50-44)34-22-11-4-12-23-34/h1-28H. The van der Waals surface area contributed by atoms with E-state index in [9.17, 15) is 5.26 Å². The van der Waals surface area contributed by atoms with Gasteiger partial charge in [0.25, 0.3) is 0 Å². The lowest BCUT2D eigenvalue weighted by Crippen LogP contribution is -2.02. The maximum absolute atomic E-state index is 9.79. The molecule has 0 atom stereocenters. The van der Waals surface area contributed by atoms with Crippen LogP contribution in [0.3, 0.4) is 0 Å². The van der Waals surface area contributed by atoms with Crippen LogP contribution in [0.1, 0.15) is 5.56 Å². The molecule has 0 N–H and O–H groups in total. The van der Waals surface area contributed by atoms with E-state index in [4.69, 9.17) is 24.9 Å². The van der Waals surface area contributed by atoms with Gasteiger partial charge in [-0.1, -0.05) is 152 Å². The van der Waals surface area contributed by atoms with Crippen molar-refractivity contribution in [3.63, 3.8) is 0 Å². The van der Waals surface area contributed by atoms with Crippen molar-refractivity contribution in [2.24, 2.45) is 0 Å². The Labute approximate surface area is 290 Å². The second kappa shape index (κ2) is 13.6. The summed E-state index contributed by atoms with van der Waals surface area (Å²) >= 11 is 0. The van der Waals surface area contributed by atoms with Crippen molar-refractivity contribution in [2.45, 2.75) is 0 Å². The van der Waals surface area contributed by atoms with Crippen molar-refractivity contribution in [2.75, 3.05) is 0 Å². The SMILES string of the molecule is N#Cc1cccc(-c2nc(-c3ccccc3)c(-c3ccccc3)nc2-c2cccc(-c3nc(-c4ccccc4)nc(-c4ccccc4)n3)c2)c1.